The zero-order chi connectivity index (χ0) is 21.2. The fourth-order valence-electron chi connectivity index (χ4n) is 3.47. The van der Waals surface area contributed by atoms with Crippen LogP contribution in [0.4, 0.5) is 0 Å². The van der Waals surface area contributed by atoms with Crippen LogP contribution in [0.25, 0.3) is 0 Å². The van der Waals surface area contributed by atoms with Crippen molar-refractivity contribution in [3.8, 4) is 0 Å². The third kappa shape index (κ3) is 8.60. The SMILES string of the molecule is CCNC(=NCc1cccc(COC2CCOCC2)c1)NC(C)c1ccccc1Cl.I. The largest absolute Gasteiger partial charge is 0.381 e. The molecule has 1 heterocycles. The first-order valence-electron chi connectivity index (χ1n) is 10.7. The lowest BCUT2D eigenvalue weighted by Crippen LogP contribution is -2.38. The molecular formula is C24H33ClIN3O2. The summed E-state index contributed by atoms with van der Waals surface area (Å²) in [7, 11) is 0. The van der Waals surface area contributed by atoms with E-state index < -0.39 is 0 Å². The van der Waals surface area contributed by atoms with Gasteiger partial charge in [0.1, 0.15) is 0 Å². The van der Waals surface area contributed by atoms with Crippen LogP contribution in [0, 0.1) is 0 Å². The van der Waals surface area contributed by atoms with Gasteiger partial charge in [0.2, 0.25) is 0 Å². The van der Waals surface area contributed by atoms with E-state index in [9.17, 15) is 0 Å². The summed E-state index contributed by atoms with van der Waals surface area (Å²) in [5.41, 5.74) is 3.39. The second-order valence-electron chi connectivity index (χ2n) is 7.53. The molecule has 1 atom stereocenters. The van der Waals surface area contributed by atoms with E-state index in [2.05, 4.69) is 48.7 Å². The molecule has 2 N–H and O–H groups in total. The highest BCUT2D eigenvalue weighted by molar-refractivity contribution is 14.0. The average molecular weight is 558 g/mol. The number of guanidine groups is 1. The molecule has 0 aliphatic carbocycles. The summed E-state index contributed by atoms with van der Waals surface area (Å²) in [6, 6.07) is 16.4. The van der Waals surface area contributed by atoms with Gasteiger partial charge in [-0.1, -0.05) is 54.1 Å². The second-order valence-corrected chi connectivity index (χ2v) is 7.93. The van der Waals surface area contributed by atoms with E-state index in [0.717, 1.165) is 54.7 Å². The minimum absolute atomic E-state index is 0. The number of hydrogen-bond acceptors (Lipinski definition) is 3. The molecule has 0 amide bonds. The van der Waals surface area contributed by atoms with E-state index in [0.29, 0.717) is 19.3 Å². The summed E-state index contributed by atoms with van der Waals surface area (Å²) in [4.78, 5) is 4.76. The highest BCUT2D eigenvalue weighted by Gasteiger charge is 2.14. The van der Waals surface area contributed by atoms with E-state index >= 15 is 0 Å². The van der Waals surface area contributed by atoms with E-state index in [4.69, 9.17) is 26.1 Å². The molecule has 5 nitrogen and oxygen atoms in total. The Morgan fingerprint density at radius 3 is 2.65 bits per heavy atom. The quantitative estimate of drug-likeness (QED) is 0.257. The van der Waals surface area contributed by atoms with E-state index in [1.807, 2.05) is 24.3 Å². The third-order valence-corrected chi connectivity index (χ3v) is 5.48. The van der Waals surface area contributed by atoms with Gasteiger partial charge in [-0.05, 0) is 49.4 Å². The zero-order valence-electron chi connectivity index (χ0n) is 18.3. The minimum Gasteiger partial charge on any atom is -0.381 e. The standard InChI is InChI=1S/C24H32ClN3O2.HI/c1-3-26-24(28-18(2)22-9-4-5-10-23(22)25)27-16-19-7-6-8-20(15-19)17-30-21-11-13-29-14-12-21;/h4-10,15,18,21H,3,11-14,16-17H2,1-2H3,(H2,26,27,28);1H. The molecule has 0 saturated carbocycles. The second kappa shape index (κ2) is 13.9. The van der Waals surface area contributed by atoms with Gasteiger partial charge in [-0.3, -0.25) is 0 Å². The number of hydrogen-bond donors (Lipinski definition) is 2. The van der Waals surface area contributed by atoms with Crippen molar-refractivity contribution >= 4 is 41.5 Å². The zero-order valence-corrected chi connectivity index (χ0v) is 21.4. The van der Waals surface area contributed by atoms with E-state index in [-0.39, 0.29) is 30.0 Å². The van der Waals surface area contributed by atoms with Crippen molar-refractivity contribution < 1.29 is 9.47 Å². The molecule has 1 aliphatic heterocycles. The topological polar surface area (TPSA) is 54.9 Å². The smallest absolute Gasteiger partial charge is 0.192 e. The number of benzene rings is 2. The summed E-state index contributed by atoms with van der Waals surface area (Å²) in [5, 5.41) is 7.52. The van der Waals surface area contributed by atoms with Crippen molar-refractivity contribution in [2.24, 2.45) is 4.99 Å². The molecule has 1 unspecified atom stereocenters. The van der Waals surface area contributed by atoms with Crippen molar-refractivity contribution in [2.75, 3.05) is 19.8 Å². The molecule has 7 heteroatoms. The first-order valence-corrected chi connectivity index (χ1v) is 11.1. The lowest BCUT2D eigenvalue weighted by Gasteiger charge is -2.22. The molecule has 0 radical (unpaired) electrons. The Balaban J connectivity index is 0.00000341. The average Bonchev–Trinajstić information content (AvgIpc) is 2.77. The van der Waals surface area contributed by atoms with Crippen molar-refractivity contribution in [3.63, 3.8) is 0 Å². The molecule has 0 bridgehead atoms. The molecule has 1 saturated heterocycles. The maximum absolute atomic E-state index is 6.34. The maximum Gasteiger partial charge on any atom is 0.192 e. The van der Waals surface area contributed by atoms with Crippen molar-refractivity contribution in [3.05, 3.63) is 70.2 Å². The molecule has 3 rings (SSSR count). The number of rotatable bonds is 8. The summed E-state index contributed by atoms with van der Waals surface area (Å²) in [6.07, 6.45) is 2.26. The predicted octanol–water partition coefficient (Wildman–Crippen LogP) is 5.47. The Morgan fingerprint density at radius 2 is 1.90 bits per heavy atom. The molecule has 0 aromatic heterocycles. The number of nitrogens with zero attached hydrogens (tertiary/aromatic N) is 1. The van der Waals surface area contributed by atoms with E-state index in [1.54, 1.807) is 0 Å². The Morgan fingerprint density at radius 1 is 1.16 bits per heavy atom. The Bertz CT molecular complexity index is 828. The van der Waals surface area contributed by atoms with Gasteiger partial charge in [0, 0.05) is 24.8 Å². The molecule has 0 spiro atoms. The summed E-state index contributed by atoms with van der Waals surface area (Å²) in [6.45, 7) is 7.76. The molecular weight excluding hydrogens is 525 g/mol. The molecule has 31 heavy (non-hydrogen) atoms. The third-order valence-electron chi connectivity index (χ3n) is 5.13. The van der Waals surface area contributed by atoms with Crippen LogP contribution in [-0.2, 0) is 22.6 Å². The number of ether oxygens (including phenoxy) is 2. The van der Waals surface area contributed by atoms with Gasteiger partial charge in [0.15, 0.2) is 5.96 Å². The summed E-state index contributed by atoms with van der Waals surface area (Å²) < 4.78 is 11.4. The van der Waals surface area contributed by atoms with Gasteiger partial charge in [-0.2, -0.15) is 0 Å². The van der Waals surface area contributed by atoms with Gasteiger partial charge < -0.3 is 20.1 Å². The lowest BCUT2D eigenvalue weighted by atomic mass is 10.1. The Kier molecular flexibility index (Phi) is 11.6. The maximum atomic E-state index is 6.34. The lowest BCUT2D eigenvalue weighted by molar-refractivity contribution is -0.0390. The minimum atomic E-state index is 0. The normalized spacial score (nSPS) is 15.8. The van der Waals surface area contributed by atoms with Crippen LogP contribution in [0.15, 0.2) is 53.5 Å². The highest BCUT2D eigenvalue weighted by Crippen LogP contribution is 2.22. The van der Waals surface area contributed by atoms with Gasteiger partial charge in [-0.25, -0.2) is 4.99 Å². The van der Waals surface area contributed by atoms with Crippen LogP contribution in [0.2, 0.25) is 5.02 Å². The van der Waals surface area contributed by atoms with Gasteiger partial charge in [-0.15, -0.1) is 24.0 Å². The Hall–Kier alpha value is -1.35. The van der Waals surface area contributed by atoms with Crippen molar-refractivity contribution in [1.82, 2.24) is 10.6 Å². The first-order chi connectivity index (χ1) is 14.7. The van der Waals surface area contributed by atoms with Crippen LogP contribution in [0.3, 0.4) is 0 Å². The predicted molar refractivity (Wildman–Crippen MR) is 138 cm³/mol. The molecule has 2 aromatic rings. The van der Waals surface area contributed by atoms with Crippen molar-refractivity contribution in [1.29, 1.82) is 0 Å². The summed E-state index contributed by atoms with van der Waals surface area (Å²) in [5.74, 6) is 0.772. The van der Waals surface area contributed by atoms with Crippen LogP contribution >= 0.6 is 35.6 Å². The molecule has 2 aromatic carbocycles. The molecule has 170 valence electrons. The first kappa shape index (κ1) is 25.9. The van der Waals surface area contributed by atoms with Gasteiger partial charge in [0.25, 0.3) is 0 Å². The summed E-state index contributed by atoms with van der Waals surface area (Å²) >= 11 is 6.34. The van der Waals surface area contributed by atoms with Gasteiger partial charge >= 0.3 is 0 Å². The van der Waals surface area contributed by atoms with Crippen molar-refractivity contribution in [2.45, 2.75) is 52.0 Å². The number of halogens is 2. The van der Waals surface area contributed by atoms with Crippen LogP contribution in [0.5, 0.6) is 0 Å². The van der Waals surface area contributed by atoms with Crippen LogP contribution < -0.4 is 10.6 Å². The number of nitrogens with one attached hydrogen (secondary N) is 2. The van der Waals surface area contributed by atoms with Crippen LogP contribution in [0.1, 0.15) is 49.4 Å². The fraction of sp³-hybridized carbons (Fsp3) is 0.458. The number of aliphatic imine (C=N–C) groups is 1. The molecule has 1 fully saturated rings. The Labute approximate surface area is 208 Å². The van der Waals surface area contributed by atoms with Gasteiger partial charge in [0.05, 0.1) is 25.3 Å². The van der Waals surface area contributed by atoms with Crippen LogP contribution in [-0.4, -0.2) is 31.8 Å². The molecule has 1 aliphatic rings. The fourth-order valence-corrected chi connectivity index (χ4v) is 3.77. The highest BCUT2D eigenvalue weighted by atomic mass is 127. The van der Waals surface area contributed by atoms with E-state index in [1.165, 1.54) is 5.56 Å². The monoisotopic (exact) mass is 557 g/mol.